The fourth-order valence-electron chi connectivity index (χ4n) is 2.83. The van der Waals surface area contributed by atoms with E-state index in [1.165, 1.54) is 6.07 Å². The van der Waals surface area contributed by atoms with Gasteiger partial charge < -0.3 is 19.2 Å². The van der Waals surface area contributed by atoms with Gasteiger partial charge in [-0.2, -0.15) is 0 Å². The number of halogens is 1. The highest BCUT2D eigenvalue weighted by atomic mass is 19.1. The molecule has 0 saturated carbocycles. The van der Waals surface area contributed by atoms with Crippen LogP contribution >= 0.6 is 0 Å². The van der Waals surface area contributed by atoms with Crippen LogP contribution in [0.4, 0.5) is 4.39 Å². The molecular formula is C17H20FNO4. The first-order valence-electron chi connectivity index (χ1n) is 7.89. The number of rotatable bonds is 5. The van der Waals surface area contributed by atoms with Gasteiger partial charge in [0, 0.05) is 31.7 Å². The van der Waals surface area contributed by atoms with E-state index in [1.807, 2.05) is 0 Å². The van der Waals surface area contributed by atoms with Gasteiger partial charge >= 0.3 is 0 Å². The minimum Gasteiger partial charge on any atom is -0.448 e. The summed E-state index contributed by atoms with van der Waals surface area (Å²) in [5, 5.41) is 9.34. The van der Waals surface area contributed by atoms with Crippen LogP contribution in [0.25, 0.3) is 11.0 Å². The van der Waals surface area contributed by atoms with Crippen LogP contribution in [0, 0.1) is 5.82 Å². The lowest BCUT2D eigenvalue weighted by Crippen LogP contribution is -2.40. The molecule has 1 aromatic heterocycles. The van der Waals surface area contributed by atoms with Gasteiger partial charge in [-0.3, -0.25) is 4.79 Å². The lowest BCUT2D eigenvalue weighted by molar-refractivity contribution is 0.00331. The van der Waals surface area contributed by atoms with Crippen LogP contribution in [-0.4, -0.2) is 48.3 Å². The van der Waals surface area contributed by atoms with E-state index >= 15 is 0 Å². The molecule has 1 aliphatic rings. The van der Waals surface area contributed by atoms with Gasteiger partial charge in [0.1, 0.15) is 0 Å². The molecule has 2 heterocycles. The predicted octanol–water partition coefficient (Wildman–Crippen LogP) is 2.58. The summed E-state index contributed by atoms with van der Waals surface area (Å²) in [6.45, 7) is 1.84. The summed E-state index contributed by atoms with van der Waals surface area (Å²) < 4.78 is 24.7. The molecule has 0 aliphatic carbocycles. The summed E-state index contributed by atoms with van der Waals surface area (Å²) in [6, 6.07) is 6.22. The number of carbonyl (C=O) groups excluding carboxylic acids is 1. The van der Waals surface area contributed by atoms with Crippen LogP contribution in [0.3, 0.4) is 0 Å². The highest BCUT2D eigenvalue weighted by Crippen LogP contribution is 2.24. The van der Waals surface area contributed by atoms with Crippen molar-refractivity contribution in [1.82, 2.24) is 4.90 Å². The van der Waals surface area contributed by atoms with E-state index in [0.29, 0.717) is 31.5 Å². The smallest absolute Gasteiger partial charge is 0.289 e. The van der Waals surface area contributed by atoms with Crippen LogP contribution in [0.15, 0.2) is 28.7 Å². The van der Waals surface area contributed by atoms with Gasteiger partial charge in [-0.15, -0.1) is 0 Å². The normalized spacial score (nSPS) is 16.2. The first kappa shape index (κ1) is 16.0. The molecule has 0 unspecified atom stereocenters. The number of fused-ring (bicyclic) bond motifs is 1. The third kappa shape index (κ3) is 3.54. The summed E-state index contributed by atoms with van der Waals surface area (Å²) >= 11 is 0. The molecule has 124 valence electrons. The molecule has 2 aromatic rings. The molecule has 0 atom stereocenters. The van der Waals surface area contributed by atoms with Crippen molar-refractivity contribution >= 4 is 16.9 Å². The monoisotopic (exact) mass is 321 g/mol. The Morgan fingerprint density at radius 1 is 1.39 bits per heavy atom. The highest BCUT2D eigenvalue weighted by Gasteiger charge is 2.26. The third-order valence-corrected chi connectivity index (χ3v) is 4.09. The minimum absolute atomic E-state index is 0.123. The highest BCUT2D eigenvalue weighted by molar-refractivity contribution is 5.96. The Balaban J connectivity index is 1.61. The second kappa shape index (κ2) is 7.10. The van der Waals surface area contributed by atoms with E-state index in [2.05, 4.69) is 0 Å². The molecule has 6 heteroatoms. The number of hydrogen-bond acceptors (Lipinski definition) is 4. The first-order chi connectivity index (χ1) is 11.2. The average molecular weight is 321 g/mol. The first-order valence-corrected chi connectivity index (χ1v) is 7.89. The molecule has 23 heavy (non-hydrogen) atoms. The van der Waals surface area contributed by atoms with Crippen molar-refractivity contribution in [2.24, 2.45) is 0 Å². The zero-order valence-electron chi connectivity index (χ0n) is 12.8. The maximum absolute atomic E-state index is 13.7. The molecule has 5 nitrogen and oxygen atoms in total. The molecule has 1 fully saturated rings. The Labute approximate surface area is 133 Å². The number of aliphatic hydroxyl groups is 1. The molecular weight excluding hydrogens is 301 g/mol. The van der Waals surface area contributed by atoms with Crippen molar-refractivity contribution in [3.05, 3.63) is 35.8 Å². The van der Waals surface area contributed by atoms with Gasteiger partial charge in [0.2, 0.25) is 0 Å². The van der Waals surface area contributed by atoms with Crippen LogP contribution in [0.5, 0.6) is 0 Å². The predicted molar refractivity (Wildman–Crippen MR) is 82.8 cm³/mol. The topological polar surface area (TPSA) is 62.9 Å². The number of hydrogen-bond donors (Lipinski definition) is 1. The Morgan fingerprint density at radius 3 is 2.87 bits per heavy atom. The maximum atomic E-state index is 13.7. The molecule has 3 rings (SSSR count). The molecule has 1 amide bonds. The third-order valence-electron chi connectivity index (χ3n) is 4.09. The maximum Gasteiger partial charge on any atom is 0.289 e. The lowest BCUT2D eigenvalue weighted by atomic mass is 10.1. The van der Waals surface area contributed by atoms with Crippen LogP contribution in [-0.2, 0) is 4.74 Å². The molecule has 0 radical (unpaired) electrons. The number of piperidine rings is 1. The van der Waals surface area contributed by atoms with Crippen LogP contribution in [0.2, 0.25) is 0 Å². The summed E-state index contributed by atoms with van der Waals surface area (Å²) in [5.41, 5.74) is 0.123. The zero-order valence-corrected chi connectivity index (χ0v) is 12.8. The number of aliphatic hydroxyl groups excluding tert-OH is 1. The average Bonchev–Trinajstić information content (AvgIpc) is 3.01. The summed E-state index contributed by atoms with van der Waals surface area (Å²) in [4.78, 5) is 14.2. The van der Waals surface area contributed by atoms with Crippen LogP contribution in [0.1, 0.15) is 29.8 Å². The number of furan rings is 1. The Kier molecular flexibility index (Phi) is 4.93. The minimum atomic E-state index is -0.461. The lowest BCUT2D eigenvalue weighted by Gasteiger charge is -2.31. The van der Waals surface area contributed by atoms with Crippen molar-refractivity contribution < 1.29 is 23.4 Å². The van der Waals surface area contributed by atoms with Gasteiger partial charge in [0.15, 0.2) is 17.2 Å². The van der Waals surface area contributed by atoms with Gasteiger partial charge in [0.05, 0.1) is 6.10 Å². The van der Waals surface area contributed by atoms with Crippen LogP contribution < -0.4 is 0 Å². The summed E-state index contributed by atoms with van der Waals surface area (Å²) in [6.07, 6.45) is 2.26. The number of ether oxygens (including phenoxy) is 1. The Bertz CT molecular complexity index is 676. The Morgan fingerprint density at radius 2 is 2.17 bits per heavy atom. The summed E-state index contributed by atoms with van der Waals surface area (Å²) in [5.74, 6) is -0.503. The zero-order chi connectivity index (χ0) is 16.2. The number of carbonyl (C=O) groups is 1. The number of nitrogens with zero attached hydrogens (tertiary/aromatic N) is 1. The summed E-state index contributed by atoms with van der Waals surface area (Å²) in [7, 11) is 0. The molecule has 1 aromatic carbocycles. The number of likely N-dealkylation sites (tertiary alicyclic amines) is 1. The second-order valence-corrected chi connectivity index (χ2v) is 5.71. The molecule has 0 bridgehead atoms. The standard InChI is InChI=1S/C17H20FNO4/c18-14-4-1-3-12-11-15(23-16(12)14)17(21)19-7-5-13(6-8-19)22-10-2-9-20/h1,3-4,11,13,20H,2,5-10H2. The van der Waals surface area contributed by atoms with Gasteiger partial charge in [-0.25, -0.2) is 4.39 Å². The quantitative estimate of drug-likeness (QED) is 0.860. The Hall–Kier alpha value is -1.92. The van der Waals surface area contributed by atoms with Gasteiger partial charge in [0.25, 0.3) is 5.91 Å². The van der Waals surface area contributed by atoms with E-state index in [4.69, 9.17) is 14.3 Å². The molecule has 1 saturated heterocycles. The van der Waals surface area contributed by atoms with Crippen molar-refractivity contribution in [3.63, 3.8) is 0 Å². The SMILES string of the molecule is O=C(c1cc2cccc(F)c2o1)N1CCC(OCCCO)CC1. The number of para-hydroxylation sites is 1. The van der Waals surface area contributed by atoms with Gasteiger partial charge in [-0.1, -0.05) is 12.1 Å². The number of benzene rings is 1. The number of amides is 1. The van der Waals surface area contributed by atoms with Crippen molar-refractivity contribution in [3.8, 4) is 0 Å². The van der Waals surface area contributed by atoms with E-state index in [1.54, 1.807) is 23.1 Å². The molecule has 1 aliphatic heterocycles. The largest absolute Gasteiger partial charge is 0.448 e. The molecule has 0 spiro atoms. The van der Waals surface area contributed by atoms with Crippen molar-refractivity contribution in [2.75, 3.05) is 26.3 Å². The van der Waals surface area contributed by atoms with Crippen molar-refractivity contribution in [2.45, 2.75) is 25.4 Å². The van der Waals surface area contributed by atoms with E-state index in [0.717, 1.165) is 12.8 Å². The molecule has 1 N–H and O–H groups in total. The second-order valence-electron chi connectivity index (χ2n) is 5.71. The van der Waals surface area contributed by atoms with E-state index in [-0.39, 0.29) is 30.0 Å². The van der Waals surface area contributed by atoms with E-state index in [9.17, 15) is 9.18 Å². The fourth-order valence-corrected chi connectivity index (χ4v) is 2.83. The van der Waals surface area contributed by atoms with Gasteiger partial charge in [-0.05, 0) is 31.4 Å². The van der Waals surface area contributed by atoms with Crippen molar-refractivity contribution in [1.29, 1.82) is 0 Å². The van der Waals surface area contributed by atoms with E-state index < -0.39 is 5.82 Å². The fraction of sp³-hybridized carbons (Fsp3) is 0.471.